The van der Waals surface area contributed by atoms with Gasteiger partial charge >= 0.3 is 5.97 Å². The molecule has 124 valence electrons. The molecule has 0 saturated heterocycles. The summed E-state index contributed by atoms with van der Waals surface area (Å²) in [6.07, 6.45) is -1.02. The summed E-state index contributed by atoms with van der Waals surface area (Å²) in [5.74, 6) is -4.65. The second kappa shape index (κ2) is 9.28. The van der Waals surface area contributed by atoms with Gasteiger partial charge in [-0.2, -0.15) is 0 Å². The number of aliphatic carboxylic acids is 1. The van der Waals surface area contributed by atoms with Crippen molar-refractivity contribution in [2.24, 2.45) is 17.2 Å². The van der Waals surface area contributed by atoms with Crippen LogP contribution in [0.5, 0.6) is 0 Å². The van der Waals surface area contributed by atoms with Gasteiger partial charge in [-0.15, -0.1) is 0 Å². The number of carbonyl (C=O) groups excluding carboxylic acids is 4. The maximum absolute atomic E-state index is 11.9. The normalized spacial score (nSPS) is 12.8. The van der Waals surface area contributed by atoms with Crippen molar-refractivity contribution in [2.45, 2.75) is 31.3 Å². The van der Waals surface area contributed by atoms with Crippen molar-refractivity contribution in [3.63, 3.8) is 0 Å². The monoisotopic (exact) mass is 317 g/mol. The van der Waals surface area contributed by atoms with Gasteiger partial charge in [0.2, 0.25) is 23.6 Å². The first-order valence-electron chi connectivity index (χ1n) is 6.26. The van der Waals surface area contributed by atoms with E-state index in [0.717, 1.165) is 0 Å². The lowest BCUT2D eigenvalue weighted by Crippen LogP contribution is -2.53. The Kier molecular flexibility index (Phi) is 8.15. The minimum atomic E-state index is -1.40. The van der Waals surface area contributed by atoms with E-state index in [2.05, 4.69) is 10.6 Å². The first-order chi connectivity index (χ1) is 10.2. The van der Waals surface area contributed by atoms with Gasteiger partial charge in [-0.3, -0.25) is 19.2 Å². The Bertz CT molecular complexity index is 466. The molecule has 0 aliphatic rings. The van der Waals surface area contributed by atoms with Gasteiger partial charge in [0.15, 0.2) is 0 Å². The summed E-state index contributed by atoms with van der Waals surface area (Å²) in [7, 11) is 0. The van der Waals surface area contributed by atoms with Crippen molar-refractivity contribution < 1.29 is 29.1 Å². The van der Waals surface area contributed by atoms with Crippen LogP contribution in [-0.4, -0.2) is 53.3 Å². The summed E-state index contributed by atoms with van der Waals surface area (Å²) in [5, 5.41) is 13.2. The number of nitrogens with one attached hydrogen (secondary N) is 2. The highest BCUT2D eigenvalue weighted by molar-refractivity contribution is 5.94. The summed E-state index contributed by atoms with van der Waals surface area (Å²) in [6, 6.07) is -2.76. The number of rotatable bonds is 10. The zero-order valence-corrected chi connectivity index (χ0v) is 11.7. The molecular weight excluding hydrogens is 298 g/mol. The van der Waals surface area contributed by atoms with Gasteiger partial charge in [0.05, 0.1) is 13.0 Å². The number of hydrogen-bond donors (Lipinski definition) is 6. The van der Waals surface area contributed by atoms with Crippen LogP contribution in [0.15, 0.2) is 0 Å². The first-order valence-corrected chi connectivity index (χ1v) is 6.26. The number of carbonyl (C=O) groups is 5. The van der Waals surface area contributed by atoms with Gasteiger partial charge < -0.3 is 32.9 Å². The Morgan fingerprint density at radius 2 is 1.55 bits per heavy atom. The lowest BCUT2D eigenvalue weighted by Gasteiger charge is -2.20. The van der Waals surface area contributed by atoms with E-state index < -0.39 is 54.6 Å². The maximum Gasteiger partial charge on any atom is 0.326 e. The van der Waals surface area contributed by atoms with Crippen molar-refractivity contribution in [1.82, 2.24) is 10.6 Å². The highest BCUT2D eigenvalue weighted by atomic mass is 16.4. The Morgan fingerprint density at radius 1 is 0.955 bits per heavy atom. The molecule has 0 rings (SSSR count). The summed E-state index contributed by atoms with van der Waals surface area (Å²) in [4.78, 5) is 55.7. The van der Waals surface area contributed by atoms with Gasteiger partial charge in [0, 0.05) is 6.42 Å². The van der Waals surface area contributed by atoms with E-state index >= 15 is 0 Å². The summed E-state index contributed by atoms with van der Waals surface area (Å²) in [6.45, 7) is -0.424. The SMILES string of the molecule is NCC(=O)NC(CC(N)=O)C(=O)NC(CCC(N)=O)C(=O)O. The van der Waals surface area contributed by atoms with Crippen LogP contribution in [0, 0.1) is 0 Å². The lowest BCUT2D eigenvalue weighted by molar-refractivity contribution is -0.142. The van der Waals surface area contributed by atoms with E-state index in [4.69, 9.17) is 22.3 Å². The van der Waals surface area contributed by atoms with E-state index in [1.54, 1.807) is 0 Å². The molecule has 22 heavy (non-hydrogen) atoms. The zero-order valence-electron chi connectivity index (χ0n) is 11.7. The molecule has 0 aromatic carbocycles. The van der Waals surface area contributed by atoms with Crippen LogP contribution in [0.3, 0.4) is 0 Å². The fourth-order valence-corrected chi connectivity index (χ4v) is 1.48. The Labute approximate surface area is 125 Å². The zero-order chi connectivity index (χ0) is 17.3. The highest BCUT2D eigenvalue weighted by Crippen LogP contribution is 2.00. The van der Waals surface area contributed by atoms with Gasteiger partial charge in [0.1, 0.15) is 12.1 Å². The smallest absolute Gasteiger partial charge is 0.326 e. The number of primary amides is 2. The minimum Gasteiger partial charge on any atom is -0.480 e. The standard InChI is InChI=1S/C11H19N5O6/c12-4-9(19)15-6(3-8(14)18)10(20)16-5(11(21)22)1-2-7(13)17/h5-6H,1-4,12H2,(H2,13,17)(H2,14,18)(H,15,19)(H,16,20)(H,21,22). The molecule has 0 aromatic heterocycles. The van der Waals surface area contributed by atoms with Crippen LogP contribution >= 0.6 is 0 Å². The summed E-state index contributed by atoms with van der Waals surface area (Å²) >= 11 is 0. The Hall–Kier alpha value is -2.69. The predicted octanol–water partition coefficient (Wildman–Crippen LogP) is -3.86. The average Bonchev–Trinajstić information content (AvgIpc) is 2.41. The van der Waals surface area contributed by atoms with Crippen LogP contribution in [-0.2, 0) is 24.0 Å². The van der Waals surface area contributed by atoms with Gasteiger partial charge in [-0.1, -0.05) is 0 Å². The lowest BCUT2D eigenvalue weighted by atomic mass is 10.1. The molecule has 0 radical (unpaired) electrons. The van der Waals surface area contributed by atoms with Crippen LogP contribution in [0.25, 0.3) is 0 Å². The van der Waals surface area contributed by atoms with Crippen LogP contribution in [0.1, 0.15) is 19.3 Å². The number of amides is 4. The molecule has 0 saturated carbocycles. The molecule has 0 bridgehead atoms. The molecule has 11 heteroatoms. The van der Waals surface area contributed by atoms with Crippen molar-refractivity contribution in [3.05, 3.63) is 0 Å². The van der Waals surface area contributed by atoms with Gasteiger partial charge in [-0.25, -0.2) is 4.79 Å². The van der Waals surface area contributed by atoms with Gasteiger partial charge in [-0.05, 0) is 6.42 Å². The van der Waals surface area contributed by atoms with E-state index in [9.17, 15) is 24.0 Å². The molecule has 0 aromatic rings. The van der Waals surface area contributed by atoms with E-state index in [1.165, 1.54) is 0 Å². The van der Waals surface area contributed by atoms with Crippen molar-refractivity contribution in [2.75, 3.05) is 6.54 Å². The van der Waals surface area contributed by atoms with Crippen LogP contribution in [0.4, 0.5) is 0 Å². The molecular formula is C11H19N5O6. The largest absolute Gasteiger partial charge is 0.480 e. The minimum absolute atomic E-state index is 0.232. The highest BCUT2D eigenvalue weighted by Gasteiger charge is 2.27. The summed E-state index contributed by atoms with van der Waals surface area (Å²) < 4.78 is 0. The van der Waals surface area contributed by atoms with E-state index in [-0.39, 0.29) is 12.8 Å². The van der Waals surface area contributed by atoms with Gasteiger partial charge in [0.25, 0.3) is 0 Å². The molecule has 2 unspecified atom stereocenters. The fraction of sp³-hybridized carbons (Fsp3) is 0.545. The van der Waals surface area contributed by atoms with Crippen LogP contribution < -0.4 is 27.8 Å². The van der Waals surface area contributed by atoms with Crippen molar-refractivity contribution in [1.29, 1.82) is 0 Å². The average molecular weight is 317 g/mol. The molecule has 0 spiro atoms. The third kappa shape index (κ3) is 7.79. The molecule has 0 fully saturated rings. The number of carboxylic acids is 1. The molecule has 0 heterocycles. The quantitative estimate of drug-likeness (QED) is 0.236. The molecule has 11 nitrogen and oxygen atoms in total. The molecule has 4 amide bonds. The van der Waals surface area contributed by atoms with E-state index in [1.807, 2.05) is 0 Å². The molecule has 0 aliphatic carbocycles. The number of carboxylic acid groups (broad SMARTS) is 1. The summed E-state index contributed by atoms with van der Waals surface area (Å²) in [5.41, 5.74) is 14.9. The van der Waals surface area contributed by atoms with Crippen molar-refractivity contribution >= 4 is 29.6 Å². The number of nitrogens with two attached hydrogens (primary N) is 3. The second-order valence-electron chi connectivity index (χ2n) is 4.40. The third-order valence-corrected chi connectivity index (χ3v) is 2.54. The molecule has 9 N–H and O–H groups in total. The Morgan fingerprint density at radius 3 is 1.95 bits per heavy atom. The third-order valence-electron chi connectivity index (χ3n) is 2.54. The fourth-order valence-electron chi connectivity index (χ4n) is 1.48. The topological polar surface area (TPSA) is 208 Å². The predicted molar refractivity (Wildman–Crippen MR) is 72.8 cm³/mol. The first kappa shape index (κ1) is 19.3. The molecule has 0 aliphatic heterocycles. The molecule has 2 atom stereocenters. The van der Waals surface area contributed by atoms with Crippen molar-refractivity contribution in [3.8, 4) is 0 Å². The Balaban J connectivity index is 4.86. The number of hydrogen-bond acceptors (Lipinski definition) is 6. The van der Waals surface area contributed by atoms with Crippen LogP contribution in [0.2, 0.25) is 0 Å². The maximum atomic E-state index is 11.9. The van der Waals surface area contributed by atoms with E-state index in [0.29, 0.717) is 0 Å². The second-order valence-corrected chi connectivity index (χ2v) is 4.40.